The highest BCUT2D eigenvalue weighted by Gasteiger charge is 2.13. The first-order valence-electron chi connectivity index (χ1n) is 14.1. The van der Waals surface area contributed by atoms with Crippen molar-refractivity contribution in [2.45, 2.75) is 19.8 Å². The van der Waals surface area contributed by atoms with Gasteiger partial charge < -0.3 is 4.90 Å². The van der Waals surface area contributed by atoms with Crippen LogP contribution in [0.1, 0.15) is 42.0 Å². The smallest absolute Gasteiger partial charge is 0.0462 e. The number of anilines is 3. The van der Waals surface area contributed by atoms with E-state index < -0.39 is 0 Å². The molecule has 0 radical (unpaired) electrons. The maximum absolute atomic E-state index is 3.60. The van der Waals surface area contributed by atoms with Gasteiger partial charge in [-0.05, 0) is 105 Å². The molecule has 0 aromatic heterocycles. The molecule has 200 valence electrons. The summed E-state index contributed by atoms with van der Waals surface area (Å²) in [5.41, 5.74) is 9.52. The van der Waals surface area contributed by atoms with Crippen LogP contribution in [0.25, 0.3) is 22.4 Å². The Bertz CT molecular complexity index is 1750. The van der Waals surface area contributed by atoms with Gasteiger partial charge in [0.2, 0.25) is 0 Å². The van der Waals surface area contributed by atoms with Crippen molar-refractivity contribution in [3.05, 3.63) is 172 Å². The Hall–Kier alpha value is -4.40. The fraction of sp³-hybridized carbons (Fsp3) is 0.0769. The predicted octanol–water partition coefficient (Wildman–Crippen LogP) is 11.8. The van der Waals surface area contributed by atoms with E-state index in [1.165, 1.54) is 38.6 Å². The van der Waals surface area contributed by atoms with Crippen LogP contribution in [0.5, 0.6) is 0 Å². The Morgan fingerprint density at radius 3 is 1.66 bits per heavy atom. The van der Waals surface area contributed by atoms with Crippen molar-refractivity contribution in [2.24, 2.45) is 0 Å². The van der Waals surface area contributed by atoms with E-state index in [4.69, 9.17) is 0 Å². The zero-order valence-electron chi connectivity index (χ0n) is 23.3. The molecule has 0 aliphatic heterocycles. The third kappa shape index (κ3) is 6.04. The molecule has 0 heterocycles. The van der Waals surface area contributed by atoms with E-state index in [9.17, 15) is 0 Å². The van der Waals surface area contributed by atoms with E-state index in [2.05, 4.69) is 186 Å². The van der Waals surface area contributed by atoms with E-state index >= 15 is 0 Å². The summed E-state index contributed by atoms with van der Waals surface area (Å²) in [6.07, 6.45) is 2.31. The van der Waals surface area contributed by atoms with Gasteiger partial charge in [-0.1, -0.05) is 121 Å². The van der Waals surface area contributed by atoms with Gasteiger partial charge in [-0.25, -0.2) is 0 Å². The summed E-state index contributed by atoms with van der Waals surface area (Å²) in [5, 5.41) is 2.46. The van der Waals surface area contributed by atoms with Gasteiger partial charge >= 0.3 is 0 Å². The van der Waals surface area contributed by atoms with E-state index in [0.717, 1.165) is 21.5 Å². The summed E-state index contributed by atoms with van der Waals surface area (Å²) >= 11 is 3.60. The van der Waals surface area contributed by atoms with Crippen LogP contribution in [-0.4, -0.2) is 0 Å². The van der Waals surface area contributed by atoms with Gasteiger partial charge in [0.25, 0.3) is 0 Å². The number of hydrogen-bond donors (Lipinski definition) is 0. The molecule has 2 heteroatoms. The average Bonchev–Trinajstić information content (AvgIpc) is 3.01. The largest absolute Gasteiger partial charge is 0.311 e. The van der Waals surface area contributed by atoms with Gasteiger partial charge in [0.15, 0.2) is 0 Å². The number of hydrogen-bond acceptors (Lipinski definition) is 1. The Kier molecular flexibility index (Phi) is 7.84. The number of fused-ring (bicyclic) bond motifs is 1. The van der Waals surface area contributed by atoms with Crippen molar-refractivity contribution in [1.29, 1.82) is 0 Å². The lowest BCUT2D eigenvalue weighted by molar-refractivity contribution is 0.866. The molecule has 6 aromatic rings. The second kappa shape index (κ2) is 12.0. The molecule has 0 fully saturated rings. The van der Waals surface area contributed by atoms with Crippen molar-refractivity contribution in [3.8, 4) is 0 Å². The monoisotopic (exact) mass is 593 g/mol. The van der Waals surface area contributed by atoms with E-state index in [1.807, 2.05) is 0 Å². The maximum Gasteiger partial charge on any atom is 0.0462 e. The highest BCUT2D eigenvalue weighted by Crippen LogP contribution is 2.36. The zero-order valence-corrected chi connectivity index (χ0v) is 24.9. The summed E-state index contributed by atoms with van der Waals surface area (Å²) < 4.78 is 1.10. The third-order valence-electron chi connectivity index (χ3n) is 7.49. The SMILES string of the molecule is CC(C)c1ccc(/C(=C\c2ccc3cc(Br)ccc3c2)c2ccc(N(c3ccccc3)c3ccccc3)cc2)cc1. The molecule has 0 N–H and O–H groups in total. The molecule has 0 saturated carbocycles. The maximum atomic E-state index is 3.60. The van der Waals surface area contributed by atoms with Gasteiger partial charge in [0.05, 0.1) is 0 Å². The average molecular weight is 595 g/mol. The van der Waals surface area contributed by atoms with Crippen LogP contribution in [0.15, 0.2) is 150 Å². The predicted molar refractivity (Wildman–Crippen MR) is 180 cm³/mol. The van der Waals surface area contributed by atoms with Gasteiger partial charge in [-0.15, -0.1) is 0 Å². The molecule has 0 aliphatic rings. The summed E-state index contributed by atoms with van der Waals surface area (Å²) in [4.78, 5) is 2.30. The summed E-state index contributed by atoms with van der Waals surface area (Å²) in [6.45, 7) is 4.48. The van der Waals surface area contributed by atoms with Crippen LogP contribution in [0.3, 0.4) is 0 Å². The zero-order chi connectivity index (χ0) is 28.2. The minimum absolute atomic E-state index is 0.498. The summed E-state index contributed by atoms with van der Waals surface area (Å²) in [7, 11) is 0. The van der Waals surface area contributed by atoms with Crippen LogP contribution >= 0.6 is 15.9 Å². The molecule has 0 amide bonds. The fourth-order valence-corrected chi connectivity index (χ4v) is 5.64. The lowest BCUT2D eigenvalue weighted by atomic mass is 9.92. The summed E-state index contributed by atoms with van der Waals surface area (Å²) in [5.74, 6) is 0.498. The van der Waals surface area contributed by atoms with Crippen LogP contribution in [-0.2, 0) is 0 Å². The van der Waals surface area contributed by atoms with E-state index in [-0.39, 0.29) is 0 Å². The number of halogens is 1. The van der Waals surface area contributed by atoms with E-state index in [1.54, 1.807) is 0 Å². The molecule has 0 saturated heterocycles. The highest BCUT2D eigenvalue weighted by molar-refractivity contribution is 9.10. The number of nitrogens with zero attached hydrogens (tertiary/aromatic N) is 1. The Balaban J connectivity index is 1.44. The van der Waals surface area contributed by atoms with Gasteiger partial charge in [0.1, 0.15) is 0 Å². The molecule has 0 spiro atoms. The molecule has 0 bridgehead atoms. The van der Waals surface area contributed by atoms with E-state index in [0.29, 0.717) is 5.92 Å². The van der Waals surface area contributed by atoms with Crippen molar-refractivity contribution < 1.29 is 0 Å². The summed E-state index contributed by atoms with van der Waals surface area (Å²) in [6, 6.07) is 52.2. The molecule has 41 heavy (non-hydrogen) atoms. The normalized spacial score (nSPS) is 11.7. The molecule has 1 nitrogen and oxygen atoms in total. The van der Waals surface area contributed by atoms with Crippen molar-refractivity contribution in [3.63, 3.8) is 0 Å². The Labute approximate surface area is 251 Å². The van der Waals surface area contributed by atoms with Crippen LogP contribution in [0, 0.1) is 0 Å². The molecule has 6 rings (SSSR count). The number of benzene rings is 6. The standard InChI is InChI=1S/C39H32BrN/c1-28(2)30-15-17-31(18-16-30)39(26-29-13-14-34-27-35(40)22-19-33(34)25-29)32-20-23-38(24-21-32)41(36-9-5-3-6-10-36)37-11-7-4-8-12-37/h3-28H,1-2H3/b39-26+. The van der Waals surface area contributed by atoms with Crippen molar-refractivity contribution in [1.82, 2.24) is 0 Å². The van der Waals surface area contributed by atoms with Crippen LogP contribution in [0.4, 0.5) is 17.1 Å². The first-order valence-corrected chi connectivity index (χ1v) is 14.9. The second-order valence-corrected chi connectivity index (χ2v) is 11.6. The quantitative estimate of drug-likeness (QED) is 0.166. The molecule has 0 atom stereocenters. The Morgan fingerprint density at radius 1 is 0.561 bits per heavy atom. The minimum Gasteiger partial charge on any atom is -0.311 e. The first-order chi connectivity index (χ1) is 20.0. The fourth-order valence-electron chi connectivity index (χ4n) is 5.26. The molecule has 0 unspecified atom stereocenters. The molecular weight excluding hydrogens is 562 g/mol. The molecule has 6 aromatic carbocycles. The van der Waals surface area contributed by atoms with Crippen molar-refractivity contribution >= 4 is 55.4 Å². The topological polar surface area (TPSA) is 3.24 Å². The van der Waals surface area contributed by atoms with Crippen LogP contribution in [0.2, 0.25) is 0 Å². The Morgan fingerprint density at radius 2 is 1.07 bits per heavy atom. The first kappa shape index (κ1) is 26.8. The second-order valence-electron chi connectivity index (χ2n) is 10.6. The van der Waals surface area contributed by atoms with Crippen LogP contribution < -0.4 is 4.90 Å². The molecular formula is C39H32BrN. The van der Waals surface area contributed by atoms with Gasteiger partial charge in [-0.3, -0.25) is 0 Å². The third-order valence-corrected chi connectivity index (χ3v) is 7.98. The number of para-hydroxylation sites is 2. The number of rotatable bonds is 7. The van der Waals surface area contributed by atoms with Gasteiger partial charge in [-0.2, -0.15) is 0 Å². The van der Waals surface area contributed by atoms with Gasteiger partial charge in [0, 0.05) is 21.5 Å². The lowest BCUT2D eigenvalue weighted by Crippen LogP contribution is -2.09. The minimum atomic E-state index is 0.498. The highest BCUT2D eigenvalue weighted by atomic mass is 79.9. The lowest BCUT2D eigenvalue weighted by Gasteiger charge is -2.25. The van der Waals surface area contributed by atoms with Crippen molar-refractivity contribution in [2.75, 3.05) is 4.90 Å². The molecule has 0 aliphatic carbocycles.